The van der Waals surface area contributed by atoms with E-state index in [-0.39, 0.29) is 24.1 Å². The van der Waals surface area contributed by atoms with Gasteiger partial charge in [0.05, 0.1) is 18.3 Å². The van der Waals surface area contributed by atoms with Gasteiger partial charge in [-0.25, -0.2) is 18.2 Å². The zero-order valence-electron chi connectivity index (χ0n) is 12.7. The Labute approximate surface area is 131 Å². The largest absolute Gasteiger partial charge is 0.274 e. The van der Waals surface area contributed by atoms with E-state index in [1.807, 2.05) is 18.2 Å². The second-order valence-corrected chi connectivity index (χ2v) is 7.31. The molecular formula is C15H22N2O4S. The van der Waals surface area contributed by atoms with E-state index in [2.05, 4.69) is 5.48 Å². The fourth-order valence-corrected chi connectivity index (χ4v) is 4.12. The quantitative estimate of drug-likeness (QED) is 0.800. The second-order valence-electron chi connectivity index (χ2n) is 5.34. The molecule has 0 saturated carbocycles. The van der Waals surface area contributed by atoms with E-state index < -0.39 is 10.0 Å². The van der Waals surface area contributed by atoms with E-state index in [0.717, 1.165) is 5.56 Å². The maximum absolute atomic E-state index is 12.5. The minimum Gasteiger partial charge on any atom is -0.274 e. The van der Waals surface area contributed by atoms with E-state index >= 15 is 0 Å². The van der Waals surface area contributed by atoms with Gasteiger partial charge in [-0.3, -0.25) is 9.63 Å². The summed E-state index contributed by atoms with van der Waals surface area (Å²) in [4.78, 5) is 16.8. The summed E-state index contributed by atoms with van der Waals surface area (Å²) in [7, 11) is -3.41. The highest BCUT2D eigenvalue weighted by Gasteiger charge is 2.32. The zero-order chi connectivity index (χ0) is 16.0. The number of carbonyl (C=O) groups is 1. The number of hydroxylamine groups is 1. The molecule has 0 radical (unpaired) electrons. The van der Waals surface area contributed by atoms with Gasteiger partial charge in [0.2, 0.25) is 15.9 Å². The van der Waals surface area contributed by atoms with Crippen molar-refractivity contribution < 1.29 is 18.0 Å². The Morgan fingerprint density at radius 3 is 2.77 bits per heavy atom. The lowest BCUT2D eigenvalue weighted by Crippen LogP contribution is -2.45. The van der Waals surface area contributed by atoms with Crippen LogP contribution in [0.3, 0.4) is 0 Å². The topological polar surface area (TPSA) is 75.7 Å². The predicted octanol–water partition coefficient (Wildman–Crippen LogP) is 1.30. The molecule has 0 unspecified atom stereocenters. The number of nitrogens with one attached hydrogen (secondary N) is 1. The lowest BCUT2D eigenvalue weighted by Gasteiger charge is -2.31. The fraction of sp³-hybridized carbons (Fsp3) is 0.533. The van der Waals surface area contributed by atoms with Gasteiger partial charge in [0.25, 0.3) is 0 Å². The minimum atomic E-state index is -3.41. The SMILES string of the molecule is CCONC(=O)[C@@H]1CCCN(S(=O)(=O)Cc2ccccc2)C1. The number of amides is 1. The zero-order valence-corrected chi connectivity index (χ0v) is 13.5. The molecule has 1 aliphatic heterocycles. The fourth-order valence-electron chi connectivity index (χ4n) is 2.51. The van der Waals surface area contributed by atoms with Crippen LogP contribution in [0.5, 0.6) is 0 Å². The molecule has 1 N–H and O–H groups in total. The highest BCUT2D eigenvalue weighted by molar-refractivity contribution is 7.88. The third kappa shape index (κ3) is 4.53. The van der Waals surface area contributed by atoms with Crippen molar-refractivity contribution in [2.45, 2.75) is 25.5 Å². The average Bonchev–Trinajstić information content (AvgIpc) is 2.53. The van der Waals surface area contributed by atoms with E-state index in [4.69, 9.17) is 4.84 Å². The van der Waals surface area contributed by atoms with Gasteiger partial charge in [-0.2, -0.15) is 0 Å². The molecule has 0 spiro atoms. The Bertz CT molecular complexity index is 589. The molecule has 1 saturated heterocycles. The standard InChI is InChI=1S/C15H22N2O4S/c1-2-21-16-15(18)14-9-6-10-17(11-14)22(19,20)12-13-7-4-3-5-8-13/h3-5,7-8,14H,2,6,9-12H2,1H3,(H,16,18)/t14-/m1/s1. The van der Waals surface area contributed by atoms with Crippen LogP contribution in [0.2, 0.25) is 0 Å². The maximum Gasteiger partial charge on any atom is 0.247 e. The van der Waals surface area contributed by atoms with Gasteiger partial charge >= 0.3 is 0 Å². The van der Waals surface area contributed by atoms with Crippen LogP contribution >= 0.6 is 0 Å². The Morgan fingerprint density at radius 1 is 1.36 bits per heavy atom. The number of sulfonamides is 1. The molecule has 22 heavy (non-hydrogen) atoms. The van der Waals surface area contributed by atoms with Crippen LogP contribution in [-0.4, -0.2) is 38.3 Å². The van der Waals surface area contributed by atoms with Crippen LogP contribution in [0, 0.1) is 5.92 Å². The summed E-state index contributed by atoms with van der Waals surface area (Å²) in [5.41, 5.74) is 3.12. The molecule has 0 aliphatic carbocycles. The summed E-state index contributed by atoms with van der Waals surface area (Å²) in [6.07, 6.45) is 1.36. The molecule has 1 atom stereocenters. The molecule has 0 aromatic heterocycles. The summed E-state index contributed by atoms with van der Waals surface area (Å²) >= 11 is 0. The number of hydrogen-bond acceptors (Lipinski definition) is 4. The van der Waals surface area contributed by atoms with Gasteiger partial charge in [-0.1, -0.05) is 30.3 Å². The Balaban J connectivity index is 2.00. The molecule has 2 rings (SSSR count). The highest BCUT2D eigenvalue weighted by atomic mass is 32.2. The Hall–Kier alpha value is -1.44. The van der Waals surface area contributed by atoms with Crippen molar-refractivity contribution in [3.05, 3.63) is 35.9 Å². The van der Waals surface area contributed by atoms with E-state index in [1.54, 1.807) is 19.1 Å². The van der Waals surface area contributed by atoms with Crippen LogP contribution in [-0.2, 0) is 25.4 Å². The van der Waals surface area contributed by atoms with Gasteiger partial charge in [0.1, 0.15) is 0 Å². The van der Waals surface area contributed by atoms with Gasteiger partial charge < -0.3 is 0 Å². The van der Waals surface area contributed by atoms with Crippen molar-refractivity contribution in [2.75, 3.05) is 19.7 Å². The Kier molecular flexibility index (Phi) is 5.93. The van der Waals surface area contributed by atoms with Crippen LogP contribution < -0.4 is 5.48 Å². The second kappa shape index (κ2) is 7.71. The number of carbonyl (C=O) groups excluding carboxylic acids is 1. The van der Waals surface area contributed by atoms with Gasteiger partial charge in [0, 0.05) is 13.1 Å². The van der Waals surface area contributed by atoms with Crippen molar-refractivity contribution in [2.24, 2.45) is 5.92 Å². The number of nitrogens with zero attached hydrogens (tertiary/aromatic N) is 1. The van der Waals surface area contributed by atoms with Gasteiger partial charge in [-0.05, 0) is 25.3 Å². The summed E-state index contributed by atoms with van der Waals surface area (Å²) in [6.45, 7) is 2.84. The van der Waals surface area contributed by atoms with Gasteiger partial charge in [0.15, 0.2) is 0 Å². The van der Waals surface area contributed by atoms with E-state index in [9.17, 15) is 13.2 Å². The van der Waals surface area contributed by atoms with Gasteiger partial charge in [-0.15, -0.1) is 0 Å². The van der Waals surface area contributed by atoms with Crippen molar-refractivity contribution in [1.82, 2.24) is 9.79 Å². The molecule has 6 nitrogen and oxygen atoms in total. The first-order valence-corrected chi connectivity index (χ1v) is 9.07. The third-order valence-corrected chi connectivity index (χ3v) is 5.47. The van der Waals surface area contributed by atoms with Crippen molar-refractivity contribution in [1.29, 1.82) is 0 Å². The molecule has 7 heteroatoms. The molecule has 1 aromatic rings. The molecule has 1 amide bonds. The molecule has 0 bridgehead atoms. The first-order valence-electron chi connectivity index (χ1n) is 7.46. The molecule has 1 heterocycles. The van der Waals surface area contributed by atoms with E-state index in [1.165, 1.54) is 4.31 Å². The van der Waals surface area contributed by atoms with Crippen LogP contribution in [0.25, 0.3) is 0 Å². The normalized spacial score (nSPS) is 19.8. The smallest absolute Gasteiger partial charge is 0.247 e. The monoisotopic (exact) mass is 326 g/mol. The van der Waals surface area contributed by atoms with E-state index in [0.29, 0.717) is 26.0 Å². The summed E-state index contributed by atoms with van der Waals surface area (Å²) in [5, 5.41) is 0. The molecule has 1 fully saturated rings. The molecular weight excluding hydrogens is 304 g/mol. The lowest BCUT2D eigenvalue weighted by atomic mass is 9.99. The Morgan fingerprint density at radius 2 is 2.09 bits per heavy atom. The lowest BCUT2D eigenvalue weighted by molar-refractivity contribution is -0.138. The van der Waals surface area contributed by atoms with Crippen molar-refractivity contribution >= 4 is 15.9 Å². The first kappa shape index (κ1) is 16.9. The van der Waals surface area contributed by atoms with Crippen molar-refractivity contribution in [3.8, 4) is 0 Å². The summed E-state index contributed by atoms with van der Waals surface area (Å²) < 4.78 is 26.4. The minimum absolute atomic E-state index is 0.0341. The summed E-state index contributed by atoms with van der Waals surface area (Å²) in [6, 6.07) is 9.07. The van der Waals surface area contributed by atoms with Crippen LogP contribution in [0.1, 0.15) is 25.3 Å². The molecule has 122 valence electrons. The molecule has 1 aliphatic rings. The number of piperidine rings is 1. The number of benzene rings is 1. The maximum atomic E-state index is 12.5. The van der Waals surface area contributed by atoms with Crippen LogP contribution in [0.4, 0.5) is 0 Å². The summed E-state index contributed by atoms with van der Waals surface area (Å²) in [5.74, 6) is -0.638. The number of rotatable bonds is 6. The number of hydrogen-bond donors (Lipinski definition) is 1. The molecule has 1 aromatic carbocycles. The van der Waals surface area contributed by atoms with Crippen LogP contribution in [0.15, 0.2) is 30.3 Å². The van der Waals surface area contributed by atoms with Crippen molar-refractivity contribution in [3.63, 3.8) is 0 Å². The first-order chi connectivity index (χ1) is 10.5. The predicted molar refractivity (Wildman–Crippen MR) is 83.1 cm³/mol. The third-order valence-electron chi connectivity index (χ3n) is 3.66. The average molecular weight is 326 g/mol. The highest BCUT2D eigenvalue weighted by Crippen LogP contribution is 2.21.